The van der Waals surface area contributed by atoms with Gasteiger partial charge in [-0.15, -0.1) is 0 Å². The lowest BCUT2D eigenvalue weighted by atomic mass is 10.0. The van der Waals surface area contributed by atoms with Crippen molar-refractivity contribution < 1.29 is 0 Å². The van der Waals surface area contributed by atoms with E-state index in [9.17, 15) is 0 Å². The minimum atomic E-state index is 1.05. The molecule has 1 aromatic carbocycles. The molecule has 76 valence electrons. The van der Waals surface area contributed by atoms with Gasteiger partial charge in [-0.3, -0.25) is 0 Å². The fourth-order valence-corrected chi connectivity index (χ4v) is 2.73. The highest BCUT2D eigenvalue weighted by Gasteiger charge is 2.14. The number of para-hydroxylation sites is 1. The van der Waals surface area contributed by atoms with Crippen LogP contribution in [0.4, 0.5) is 0 Å². The minimum Gasteiger partial charge on any atom is -0.316 e. The number of hydrogen-bond acceptors (Lipinski definition) is 0. The topological polar surface area (TPSA) is 4.41 Å². The van der Waals surface area contributed by atoms with Crippen LogP contribution in [0.5, 0.6) is 0 Å². The van der Waals surface area contributed by atoms with E-state index in [2.05, 4.69) is 59.1 Å². The average molecular weight is 205 g/mol. The van der Waals surface area contributed by atoms with Gasteiger partial charge in [-0.2, -0.15) is 0 Å². The number of allylic oxidation sites excluding steroid dienone is 1. The van der Waals surface area contributed by atoms with Gasteiger partial charge >= 0.3 is 0 Å². The second-order valence-corrected chi connectivity index (χ2v) is 4.29. The Morgan fingerprint density at radius 3 is 2.94 bits per heavy atom. The molecule has 0 spiro atoms. The Balaban J connectivity index is 2.40. The Kier molecular flexibility index (Phi) is 1.41. The van der Waals surface area contributed by atoms with E-state index in [0.29, 0.717) is 0 Å². The second kappa shape index (κ2) is 2.76. The van der Waals surface area contributed by atoms with Crippen molar-refractivity contribution in [2.75, 3.05) is 0 Å². The van der Waals surface area contributed by atoms with E-state index in [1.165, 1.54) is 27.5 Å². The first-order chi connectivity index (χ1) is 7.95. The highest BCUT2D eigenvalue weighted by Crippen LogP contribution is 2.32. The van der Waals surface area contributed by atoms with Gasteiger partial charge in [0.05, 0.1) is 11.0 Å². The van der Waals surface area contributed by atoms with Crippen LogP contribution in [0.1, 0.15) is 11.1 Å². The molecule has 2 aromatic heterocycles. The van der Waals surface area contributed by atoms with Crippen LogP contribution in [0.3, 0.4) is 0 Å². The zero-order valence-corrected chi connectivity index (χ0v) is 8.85. The molecule has 16 heavy (non-hydrogen) atoms. The van der Waals surface area contributed by atoms with Gasteiger partial charge in [0, 0.05) is 17.1 Å². The third-order valence-corrected chi connectivity index (χ3v) is 3.41. The molecule has 0 unspecified atom stereocenters. The summed E-state index contributed by atoms with van der Waals surface area (Å²) in [6.45, 7) is 0. The smallest absolute Gasteiger partial charge is 0.0569 e. The van der Waals surface area contributed by atoms with Gasteiger partial charge in [-0.25, -0.2) is 0 Å². The van der Waals surface area contributed by atoms with Crippen LogP contribution in [-0.2, 0) is 6.42 Å². The van der Waals surface area contributed by atoms with Gasteiger partial charge < -0.3 is 4.40 Å². The maximum absolute atomic E-state index is 2.31. The van der Waals surface area contributed by atoms with Crippen LogP contribution in [0.25, 0.3) is 22.5 Å². The summed E-state index contributed by atoms with van der Waals surface area (Å²) in [5.41, 5.74) is 5.49. The normalized spacial score (nSPS) is 13.8. The molecule has 1 aliphatic carbocycles. The molecule has 0 aliphatic heterocycles. The molecular formula is C15H11N. The standard InChI is InChI=1S/C15H11N/c1-2-9-14-12(7-1)13-8-3-5-11-6-4-10-16(14)15(11)13/h1-4,6-10H,5H2. The molecule has 3 aromatic rings. The Morgan fingerprint density at radius 2 is 1.94 bits per heavy atom. The van der Waals surface area contributed by atoms with E-state index in [0.717, 1.165) is 6.42 Å². The molecule has 1 aliphatic rings. The molecule has 0 bridgehead atoms. The third-order valence-electron chi connectivity index (χ3n) is 3.41. The number of nitrogens with zero attached hydrogens (tertiary/aromatic N) is 1. The highest BCUT2D eigenvalue weighted by atomic mass is 14.9. The number of fused-ring (bicyclic) bond motifs is 3. The fourth-order valence-electron chi connectivity index (χ4n) is 2.73. The van der Waals surface area contributed by atoms with Crippen LogP contribution >= 0.6 is 0 Å². The molecule has 0 saturated carbocycles. The average Bonchev–Trinajstić information content (AvgIpc) is 2.68. The van der Waals surface area contributed by atoms with Gasteiger partial charge in [-0.1, -0.05) is 36.4 Å². The SMILES string of the molecule is C1=Cc2c3ccccc3n3cccc(c23)C1. The number of pyridine rings is 1. The summed E-state index contributed by atoms with van der Waals surface area (Å²) in [6, 6.07) is 13.0. The van der Waals surface area contributed by atoms with Crippen molar-refractivity contribution >= 4 is 22.5 Å². The molecule has 0 saturated heterocycles. The summed E-state index contributed by atoms with van der Waals surface area (Å²) < 4.78 is 2.31. The molecule has 0 atom stereocenters. The lowest BCUT2D eigenvalue weighted by molar-refractivity contribution is 1.18. The molecule has 1 heteroatoms. The van der Waals surface area contributed by atoms with Crippen molar-refractivity contribution in [3.05, 3.63) is 59.8 Å². The maximum Gasteiger partial charge on any atom is 0.0569 e. The van der Waals surface area contributed by atoms with Crippen molar-refractivity contribution in [2.45, 2.75) is 6.42 Å². The van der Waals surface area contributed by atoms with E-state index in [1.807, 2.05) is 0 Å². The second-order valence-electron chi connectivity index (χ2n) is 4.29. The van der Waals surface area contributed by atoms with Crippen molar-refractivity contribution in [1.82, 2.24) is 4.40 Å². The maximum atomic E-state index is 2.31. The molecule has 0 radical (unpaired) electrons. The number of aromatic nitrogens is 1. The van der Waals surface area contributed by atoms with E-state index in [-0.39, 0.29) is 0 Å². The van der Waals surface area contributed by atoms with Gasteiger partial charge in [0.15, 0.2) is 0 Å². The zero-order chi connectivity index (χ0) is 10.5. The molecule has 1 nitrogen and oxygen atoms in total. The quantitative estimate of drug-likeness (QED) is 0.527. The Morgan fingerprint density at radius 1 is 1.00 bits per heavy atom. The van der Waals surface area contributed by atoms with E-state index in [4.69, 9.17) is 0 Å². The molecule has 0 N–H and O–H groups in total. The first-order valence-corrected chi connectivity index (χ1v) is 5.62. The molecular weight excluding hydrogens is 194 g/mol. The van der Waals surface area contributed by atoms with Crippen molar-refractivity contribution in [3.63, 3.8) is 0 Å². The van der Waals surface area contributed by atoms with Crippen LogP contribution in [0.15, 0.2) is 48.7 Å². The van der Waals surface area contributed by atoms with Crippen LogP contribution in [-0.4, -0.2) is 4.40 Å². The van der Waals surface area contributed by atoms with Gasteiger partial charge in [0.1, 0.15) is 0 Å². The van der Waals surface area contributed by atoms with Crippen LogP contribution in [0.2, 0.25) is 0 Å². The largest absolute Gasteiger partial charge is 0.316 e. The summed E-state index contributed by atoms with van der Waals surface area (Å²) in [7, 11) is 0. The number of rotatable bonds is 0. The lowest BCUT2D eigenvalue weighted by Crippen LogP contribution is -1.93. The van der Waals surface area contributed by atoms with Crippen LogP contribution < -0.4 is 0 Å². The van der Waals surface area contributed by atoms with Gasteiger partial charge in [-0.05, 0) is 24.1 Å². The van der Waals surface area contributed by atoms with Gasteiger partial charge in [0.2, 0.25) is 0 Å². The van der Waals surface area contributed by atoms with Crippen LogP contribution in [0, 0.1) is 0 Å². The molecule has 4 rings (SSSR count). The zero-order valence-electron chi connectivity index (χ0n) is 8.85. The lowest BCUT2D eigenvalue weighted by Gasteiger charge is -2.07. The van der Waals surface area contributed by atoms with Crippen molar-refractivity contribution in [2.24, 2.45) is 0 Å². The Labute approximate surface area is 93.6 Å². The third kappa shape index (κ3) is 0.860. The Hall–Kier alpha value is -2.02. The predicted octanol–water partition coefficient (Wildman–Crippen LogP) is 3.66. The fraction of sp³-hybridized carbons (Fsp3) is 0.0667. The summed E-state index contributed by atoms with van der Waals surface area (Å²) >= 11 is 0. The molecule has 0 fully saturated rings. The van der Waals surface area contributed by atoms with E-state index >= 15 is 0 Å². The minimum absolute atomic E-state index is 1.05. The first kappa shape index (κ1) is 8.17. The monoisotopic (exact) mass is 205 g/mol. The molecule has 0 amide bonds. The predicted molar refractivity (Wildman–Crippen MR) is 67.6 cm³/mol. The summed E-state index contributed by atoms with van der Waals surface area (Å²) in [5.74, 6) is 0. The Bertz CT molecular complexity index is 732. The van der Waals surface area contributed by atoms with Crippen molar-refractivity contribution in [1.29, 1.82) is 0 Å². The van der Waals surface area contributed by atoms with Gasteiger partial charge in [0.25, 0.3) is 0 Å². The summed E-state index contributed by atoms with van der Waals surface area (Å²) in [6.07, 6.45) is 7.71. The van der Waals surface area contributed by atoms with E-state index in [1.54, 1.807) is 0 Å². The van der Waals surface area contributed by atoms with E-state index < -0.39 is 0 Å². The first-order valence-electron chi connectivity index (χ1n) is 5.62. The highest BCUT2D eigenvalue weighted by molar-refractivity contribution is 6.00. The molecule has 2 heterocycles. The number of hydrogen-bond donors (Lipinski definition) is 0. The summed E-state index contributed by atoms with van der Waals surface area (Å²) in [4.78, 5) is 0. The summed E-state index contributed by atoms with van der Waals surface area (Å²) in [5, 5.41) is 1.35. The van der Waals surface area contributed by atoms with Crippen molar-refractivity contribution in [3.8, 4) is 0 Å². The number of benzene rings is 1.